The summed E-state index contributed by atoms with van der Waals surface area (Å²) in [4.78, 5) is 16.0. The number of likely N-dealkylation sites (N-methyl/N-ethyl adjacent to an activating group) is 1. The van der Waals surface area contributed by atoms with E-state index in [9.17, 15) is 9.90 Å². The van der Waals surface area contributed by atoms with Crippen molar-refractivity contribution in [2.24, 2.45) is 0 Å². The van der Waals surface area contributed by atoms with Crippen LogP contribution in [0.4, 0.5) is 0 Å². The van der Waals surface area contributed by atoms with Crippen molar-refractivity contribution in [3.63, 3.8) is 0 Å². The number of carbonyl (C=O) groups is 1. The minimum absolute atomic E-state index is 0.247. The van der Waals surface area contributed by atoms with E-state index in [-0.39, 0.29) is 6.61 Å². The van der Waals surface area contributed by atoms with Crippen LogP contribution >= 0.6 is 11.8 Å². The summed E-state index contributed by atoms with van der Waals surface area (Å²) >= 11 is 1.49. The lowest BCUT2D eigenvalue weighted by molar-refractivity contribution is -0.162. The summed E-state index contributed by atoms with van der Waals surface area (Å²) < 4.78 is 5.51. The number of hydrogen-bond donors (Lipinski definition) is 1. The van der Waals surface area contributed by atoms with Gasteiger partial charge in [0.25, 0.3) is 0 Å². The van der Waals surface area contributed by atoms with Gasteiger partial charge in [0.1, 0.15) is 6.61 Å². The highest BCUT2D eigenvalue weighted by atomic mass is 32.2. The molecule has 0 amide bonds. The lowest BCUT2D eigenvalue weighted by Crippen LogP contribution is -2.40. The second kappa shape index (κ2) is 9.76. The molecule has 5 heteroatoms. The van der Waals surface area contributed by atoms with E-state index in [4.69, 9.17) is 4.74 Å². The molecule has 26 heavy (non-hydrogen) atoms. The van der Waals surface area contributed by atoms with Gasteiger partial charge >= 0.3 is 5.97 Å². The molecule has 2 rings (SSSR count). The van der Waals surface area contributed by atoms with Gasteiger partial charge in [-0.3, -0.25) is 0 Å². The number of thioether (sulfide) groups is 1. The van der Waals surface area contributed by atoms with Crippen molar-refractivity contribution in [1.82, 2.24) is 4.90 Å². The Balaban J connectivity index is 2.34. The monoisotopic (exact) mass is 373 g/mol. The van der Waals surface area contributed by atoms with Crippen LogP contribution in [0.5, 0.6) is 0 Å². The summed E-state index contributed by atoms with van der Waals surface area (Å²) in [6, 6.07) is 16.4. The van der Waals surface area contributed by atoms with E-state index in [1.54, 1.807) is 18.2 Å². The molecule has 0 saturated heterocycles. The molecule has 4 nitrogen and oxygen atoms in total. The van der Waals surface area contributed by atoms with Gasteiger partial charge < -0.3 is 14.7 Å². The molecule has 0 aliphatic heterocycles. The molecule has 2 aromatic carbocycles. The van der Waals surface area contributed by atoms with Crippen LogP contribution in [-0.4, -0.2) is 48.5 Å². The van der Waals surface area contributed by atoms with Crippen LogP contribution in [-0.2, 0) is 15.1 Å². The van der Waals surface area contributed by atoms with Crippen molar-refractivity contribution in [3.8, 4) is 0 Å². The Kier molecular flexibility index (Phi) is 7.69. The minimum Gasteiger partial charge on any atom is -0.462 e. The molecular weight excluding hydrogens is 346 g/mol. The van der Waals surface area contributed by atoms with E-state index in [0.29, 0.717) is 17.7 Å². The lowest BCUT2D eigenvalue weighted by Gasteiger charge is -2.29. The normalized spacial score (nSPS) is 13.4. The Labute approximate surface area is 160 Å². The first-order valence-corrected chi connectivity index (χ1v) is 10.1. The second-order valence-electron chi connectivity index (χ2n) is 5.94. The summed E-state index contributed by atoms with van der Waals surface area (Å²) in [5.41, 5.74) is -0.773. The van der Waals surface area contributed by atoms with Crippen LogP contribution in [0.1, 0.15) is 25.0 Å². The van der Waals surface area contributed by atoms with Crippen molar-refractivity contribution in [3.05, 3.63) is 65.7 Å². The van der Waals surface area contributed by atoms with E-state index < -0.39 is 11.6 Å². The van der Waals surface area contributed by atoms with Gasteiger partial charge in [0, 0.05) is 17.0 Å². The van der Waals surface area contributed by atoms with Crippen LogP contribution < -0.4 is 0 Å². The fraction of sp³-hybridized carbons (Fsp3) is 0.381. The highest BCUT2D eigenvalue weighted by Crippen LogP contribution is 2.36. The average molecular weight is 374 g/mol. The van der Waals surface area contributed by atoms with E-state index >= 15 is 0 Å². The van der Waals surface area contributed by atoms with Gasteiger partial charge in [0.2, 0.25) is 5.60 Å². The van der Waals surface area contributed by atoms with Crippen LogP contribution in [0.3, 0.4) is 0 Å². The molecule has 0 spiro atoms. The largest absolute Gasteiger partial charge is 0.462 e. The first kappa shape index (κ1) is 20.5. The third-order valence-corrected chi connectivity index (χ3v) is 5.31. The van der Waals surface area contributed by atoms with E-state index in [1.807, 2.05) is 42.7 Å². The highest BCUT2D eigenvalue weighted by Gasteiger charge is 2.43. The first-order valence-electron chi connectivity index (χ1n) is 8.88. The maximum absolute atomic E-state index is 13.0. The zero-order chi connectivity index (χ0) is 19.0. The Morgan fingerprint density at radius 2 is 1.69 bits per heavy atom. The standard InChI is InChI=1S/C21H27NO3S/c1-4-22(5-2)15-16-25-20(23)21(24,17-11-7-6-8-12-17)18-13-9-10-14-19(18)26-3/h6-14,24H,4-5,15-16H2,1-3H3/t21-/m0/s1. The van der Waals surface area contributed by atoms with Gasteiger partial charge in [-0.05, 0) is 31.0 Å². The topological polar surface area (TPSA) is 49.8 Å². The number of nitrogens with zero attached hydrogens (tertiary/aromatic N) is 1. The summed E-state index contributed by atoms with van der Waals surface area (Å²) in [7, 11) is 0. The SMILES string of the molecule is CCN(CC)CCOC(=O)[C@](O)(c1ccccc1)c1ccccc1SC. The van der Waals surface area contributed by atoms with E-state index in [1.165, 1.54) is 11.8 Å². The van der Waals surface area contributed by atoms with E-state index in [2.05, 4.69) is 18.7 Å². The maximum atomic E-state index is 13.0. The number of benzene rings is 2. The fourth-order valence-electron chi connectivity index (χ4n) is 2.92. The van der Waals surface area contributed by atoms with Gasteiger partial charge in [0.05, 0.1) is 0 Å². The van der Waals surface area contributed by atoms with Crippen molar-refractivity contribution in [1.29, 1.82) is 0 Å². The van der Waals surface area contributed by atoms with Gasteiger partial charge in [-0.2, -0.15) is 0 Å². The molecule has 1 atom stereocenters. The Morgan fingerprint density at radius 3 is 2.31 bits per heavy atom. The summed E-state index contributed by atoms with van der Waals surface area (Å²) in [5, 5.41) is 11.5. The van der Waals surface area contributed by atoms with Crippen LogP contribution in [0.25, 0.3) is 0 Å². The molecule has 0 aliphatic rings. The van der Waals surface area contributed by atoms with Gasteiger partial charge in [-0.25, -0.2) is 4.79 Å². The predicted octanol–water partition coefficient (Wildman–Crippen LogP) is 3.53. The molecule has 0 bridgehead atoms. The summed E-state index contributed by atoms with van der Waals surface area (Å²) in [6.07, 6.45) is 1.93. The first-order chi connectivity index (χ1) is 12.6. The molecule has 2 aromatic rings. The van der Waals surface area contributed by atoms with Crippen molar-refractivity contribution in [2.75, 3.05) is 32.5 Å². The molecule has 0 fully saturated rings. The molecule has 0 heterocycles. The molecule has 140 valence electrons. The van der Waals surface area contributed by atoms with Gasteiger partial charge in [-0.1, -0.05) is 62.4 Å². The summed E-state index contributed by atoms with van der Waals surface area (Å²) in [6.45, 7) is 6.82. The number of esters is 1. The van der Waals surface area contributed by atoms with Crippen molar-refractivity contribution < 1.29 is 14.6 Å². The lowest BCUT2D eigenvalue weighted by atomic mass is 9.86. The molecule has 1 N–H and O–H groups in total. The minimum atomic E-state index is -1.83. The molecule has 0 aliphatic carbocycles. The Hall–Kier alpha value is -1.82. The number of carbonyl (C=O) groups excluding carboxylic acids is 1. The molecule has 0 aromatic heterocycles. The fourth-order valence-corrected chi connectivity index (χ4v) is 3.57. The maximum Gasteiger partial charge on any atom is 0.347 e. The van der Waals surface area contributed by atoms with Crippen LogP contribution in [0.2, 0.25) is 0 Å². The third kappa shape index (κ3) is 4.47. The average Bonchev–Trinajstić information content (AvgIpc) is 2.71. The number of aliphatic hydroxyl groups is 1. The quantitative estimate of drug-likeness (QED) is 0.538. The number of hydrogen-bond acceptors (Lipinski definition) is 5. The van der Waals surface area contributed by atoms with Crippen molar-refractivity contribution >= 4 is 17.7 Å². The number of ether oxygens (including phenoxy) is 1. The predicted molar refractivity (Wildman–Crippen MR) is 106 cm³/mol. The zero-order valence-corrected chi connectivity index (χ0v) is 16.5. The van der Waals surface area contributed by atoms with Crippen LogP contribution in [0.15, 0.2) is 59.5 Å². The molecular formula is C21H27NO3S. The Morgan fingerprint density at radius 1 is 1.08 bits per heavy atom. The third-order valence-electron chi connectivity index (χ3n) is 4.52. The number of rotatable bonds is 9. The Bertz CT molecular complexity index is 703. The van der Waals surface area contributed by atoms with E-state index in [0.717, 1.165) is 18.0 Å². The zero-order valence-electron chi connectivity index (χ0n) is 15.6. The summed E-state index contributed by atoms with van der Waals surface area (Å²) in [5.74, 6) is -0.641. The molecule has 0 unspecified atom stereocenters. The smallest absolute Gasteiger partial charge is 0.347 e. The molecule has 0 radical (unpaired) electrons. The highest BCUT2D eigenvalue weighted by molar-refractivity contribution is 7.98. The van der Waals surface area contributed by atoms with Crippen LogP contribution in [0, 0.1) is 0 Å². The van der Waals surface area contributed by atoms with Gasteiger partial charge in [-0.15, -0.1) is 11.8 Å². The second-order valence-corrected chi connectivity index (χ2v) is 6.79. The molecule has 0 saturated carbocycles. The van der Waals surface area contributed by atoms with Gasteiger partial charge in [0.15, 0.2) is 0 Å². The van der Waals surface area contributed by atoms with Crippen molar-refractivity contribution in [2.45, 2.75) is 24.3 Å².